The second-order valence-corrected chi connectivity index (χ2v) is 7.86. The highest BCUT2D eigenvalue weighted by Crippen LogP contribution is 2.13. The number of carboxylic acid groups (broad SMARTS) is 1. The highest BCUT2D eigenvalue weighted by Gasteiger charge is 2.18. The Bertz CT molecular complexity index is 439. The van der Waals surface area contributed by atoms with Crippen LogP contribution in [0.15, 0.2) is 0 Å². The maximum Gasteiger partial charge on any atom is 0.326 e. The number of hydrogen-bond donors (Lipinski definition) is 2. The molecule has 0 aliphatic rings. The largest absolute Gasteiger partial charge is 0.480 e. The van der Waals surface area contributed by atoms with Crippen LogP contribution in [0.25, 0.3) is 0 Å². The number of aldehydes is 2. The smallest absolute Gasteiger partial charge is 0.326 e. The summed E-state index contributed by atoms with van der Waals surface area (Å²) in [5, 5.41) is 11.5. The molecule has 29 heavy (non-hydrogen) atoms. The van der Waals surface area contributed by atoms with Crippen LogP contribution < -0.4 is 5.32 Å². The minimum absolute atomic E-state index is 0.139. The van der Waals surface area contributed by atoms with Gasteiger partial charge in [0.25, 0.3) is 0 Å². The highest BCUT2D eigenvalue weighted by atomic mass is 16.4. The summed E-state index contributed by atoms with van der Waals surface area (Å²) in [5.74, 6) is -1.33. The third kappa shape index (κ3) is 19.4. The van der Waals surface area contributed by atoms with Crippen molar-refractivity contribution in [2.45, 2.75) is 122 Å². The molecule has 0 fully saturated rings. The molecular weight excluding hydrogens is 370 g/mol. The van der Waals surface area contributed by atoms with Crippen LogP contribution in [0.3, 0.4) is 0 Å². The van der Waals surface area contributed by atoms with E-state index in [1.165, 1.54) is 64.2 Å². The van der Waals surface area contributed by atoms with Gasteiger partial charge in [-0.3, -0.25) is 4.79 Å². The predicted molar refractivity (Wildman–Crippen MR) is 115 cm³/mol. The lowest BCUT2D eigenvalue weighted by molar-refractivity contribution is -0.142. The van der Waals surface area contributed by atoms with Crippen LogP contribution in [-0.4, -0.2) is 35.6 Å². The van der Waals surface area contributed by atoms with Gasteiger partial charge in [0.05, 0.1) is 0 Å². The van der Waals surface area contributed by atoms with Crippen molar-refractivity contribution >= 4 is 24.4 Å². The summed E-state index contributed by atoms with van der Waals surface area (Å²) in [5.41, 5.74) is 0. The molecule has 0 radical (unpaired) electrons. The normalized spacial score (nSPS) is 11.7. The van der Waals surface area contributed by atoms with Crippen molar-refractivity contribution in [2.24, 2.45) is 0 Å². The lowest BCUT2D eigenvalue weighted by atomic mass is 10.0. The summed E-state index contributed by atoms with van der Waals surface area (Å²) in [6.07, 6.45) is 19.6. The molecule has 1 amide bonds. The molecule has 0 aromatic carbocycles. The fourth-order valence-electron chi connectivity index (χ4n) is 3.39. The van der Waals surface area contributed by atoms with Crippen molar-refractivity contribution in [3.63, 3.8) is 0 Å². The number of rotatable bonds is 22. The van der Waals surface area contributed by atoms with Gasteiger partial charge < -0.3 is 20.0 Å². The summed E-state index contributed by atoms with van der Waals surface area (Å²) in [4.78, 5) is 43.4. The van der Waals surface area contributed by atoms with E-state index < -0.39 is 12.0 Å². The van der Waals surface area contributed by atoms with Gasteiger partial charge >= 0.3 is 5.97 Å². The van der Waals surface area contributed by atoms with Crippen LogP contribution in [0.1, 0.15) is 116 Å². The van der Waals surface area contributed by atoms with Crippen molar-refractivity contribution in [1.29, 1.82) is 0 Å². The Morgan fingerprint density at radius 3 is 1.48 bits per heavy atom. The summed E-state index contributed by atoms with van der Waals surface area (Å²) in [6.45, 7) is 0. The molecule has 0 rings (SSSR count). The van der Waals surface area contributed by atoms with Crippen molar-refractivity contribution < 1.29 is 24.3 Å². The van der Waals surface area contributed by atoms with E-state index in [2.05, 4.69) is 5.32 Å². The molecule has 0 aliphatic heterocycles. The van der Waals surface area contributed by atoms with E-state index in [0.29, 0.717) is 19.1 Å². The molecule has 168 valence electrons. The molecular formula is C23H41NO5. The summed E-state index contributed by atoms with van der Waals surface area (Å²) in [6, 6.07) is -0.963. The van der Waals surface area contributed by atoms with Crippen molar-refractivity contribution in [2.75, 3.05) is 0 Å². The quantitative estimate of drug-likeness (QED) is 0.193. The van der Waals surface area contributed by atoms with E-state index in [9.17, 15) is 19.2 Å². The first-order valence-electron chi connectivity index (χ1n) is 11.5. The number of carboxylic acids is 1. The van der Waals surface area contributed by atoms with Gasteiger partial charge in [0.2, 0.25) is 5.91 Å². The van der Waals surface area contributed by atoms with Gasteiger partial charge in [0.1, 0.15) is 18.6 Å². The minimum atomic E-state index is -1.09. The molecule has 0 spiro atoms. The Labute approximate surface area is 176 Å². The van der Waals surface area contributed by atoms with Gasteiger partial charge in [-0.05, 0) is 19.3 Å². The maximum atomic E-state index is 11.8. The van der Waals surface area contributed by atoms with Gasteiger partial charge in [-0.1, -0.05) is 77.0 Å². The van der Waals surface area contributed by atoms with Crippen LogP contribution in [-0.2, 0) is 19.2 Å². The molecule has 6 heteroatoms. The SMILES string of the molecule is O=CCCCCCCCCCCCCCCCCC(=O)N[C@@H](CCC=O)C(=O)O. The zero-order valence-corrected chi connectivity index (χ0v) is 18.0. The monoisotopic (exact) mass is 411 g/mol. The van der Waals surface area contributed by atoms with Crippen LogP contribution in [0.2, 0.25) is 0 Å². The molecule has 0 heterocycles. The lowest BCUT2D eigenvalue weighted by Crippen LogP contribution is -2.40. The van der Waals surface area contributed by atoms with E-state index in [0.717, 1.165) is 32.0 Å². The number of nitrogens with one attached hydrogen (secondary N) is 1. The van der Waals surface area contributed by atoms with E-state index >= 15 is 0 Å². The molecule has 6 nitrogen and oxygen atoms in total. The van der Waals surface area contributed by atoms with Gasteiger partial charge in [-0.2, -0.15) is 0 Å². The van der Waals surface area contributed by atoms with Gasteiger partial charge in [-0.25, -0.2) is 4.79 Å². The van der Waals surface area contributed by atoms with E-state index in [1.807, 2.05) is 0 Å². The standard InChI is InChI=1S/C23H41NO5/c25-19-15-13-11-9-7-5-3-1-2-4-6-8-10-12-14-18-22(27)24-21(23(28)29)17-16-20-26/h19-21H,1-18H2,(H,24,27)(H,28,29)/t21-/m0/s1. The fraction of sp³-hybridized carbons (Fsp3) is 0.826. The number of hydrogen-bond acceptors (Lipinski definition) is 4. The molecule has 0 bridgehead atoms. The molecule has 0 saturated heterocycles. The van der Waals surface area contributed by atoms with Crippen molar-refractivity contribution in [3.8, 4) is 0 Å². The maximum absolute atomic E-state index is 11.8. The van der Waals surface area contributed by atoms with Crippen LogP contribution >= 0.6 is 0 Å². The fourth-order valence-corrected chi connectivity index (χ4v) is 3.39. The highest BCUT2D eigenvalue weighted by molar-refractivity contribution is 5.83. The van der Waals surface area contributed by atoms with Gasteiger partial charge in [0.15, 0.2) is 0 Å². The molecule has 0 aromatic heterocycles. The Kier molecular flexibility index (Phi) is 19.8. The predicted octanol–water partition coefficient (Wildman–Crippen LogP) is 4.98. The summed E-state index contributed by atoms with van der Waals surface area (Å²) in [7, 11) is 0. The Hall–Kier alpha value is -1.72. The number of unbranched alkanes of at least 4 members (excludes halogenated alkanes) is 14. The molecule has 0 aliphatic carbocycles. The average molecular weight is 412 g/mol. The third-order valence-corrected chi connectivity index (χ3v) is 5.18. The Balaban J connectivity index is 3.38. The van der Waals surface area contributed by atoms with Crippen LogP contribution in [0, 0.1) is 0 Å². The first kappa shape index (κ1) is 27.3. The van der Waals surface area contributed by atoms with E-state index in [4.69, 9.17) is 5.11 Å². The molecule has 0 unspecified atom stereocenters. The van der Waals surface area contributed by atoms with Crippen LogP contribution in [0.4, 0.5) is 0 Å². The zero-order chi connectivity index (χ0) is 21.6. The molecule has 2 N–H and O–H groups in total. The summed E-state index contributed by atoms with van der Waals surface area (Å²) < 4.78 is 0. The van der Waals surface area contributed by atoms with Crippen molar-refractivity contribution in [1.82, 2.24) is 5.32 Å². The third-order valence-electron chi connectivity index (χ3n) is 5.18. The topological polar surface area (TPSA) is 101 Å². The minimum Gasteiger partial charge on any atom is -0.480 e. The molecule has 1 atom stereocenters. The number of amides is 1. The van der Waals surface area contributed by atoms with E-state index in [-0.39, 0.29) is 18.7 Å². The second-order valence-electron chi connectivity index (χ2n) is 7.86. The Morgan fingerprint density at radius 2 is 1.07 bits per heavy atom. The number of carbonyl (C=O) groups excluding carboxylic acids is 3. The Morgan fingerprint density at radius 1 is 0.655 bits per heavy atom. The second kappa shape index (κ2) is 21.0. The first-order valence-corrected chi connectivity index (χ1v) is 11.5. The summed E-state index contributed by atoms with van der Waals surface area (Å²) >= 11 is 0. The number of aliphatic carboxylic acids is 1. The molecule has 0 saturated carbocycles. The first-order chi connectivity index (χ1) is 14.1. The van der Waals surface area contributed by atoms with E-state index in [1.54, 1.807) is 0 Å². The van der Waals surface area contributed by atoms with Gasteiger partial charge in [-0.15, -0.1) is 0 Å². The van der Waals surface area contributed by atoms with Crippen LogP contribution in [0.5, 0.6) is 0 Å². The van der Waals surface area contributed by atoms with Crippen molar-refractivity contribution in [3.05, 3.63) is 0 Å². The molecule has 0 aromatic rings. The zero-order valence-electron chi connectivity index (χ0n) is 18.0. The average Bonchev–Trinajstić information content (AvgIpc) is 2.70. The van der Waals surface area contributed by atoms with Gasteiger partial charge in [0, 0.05) is 19.3 Å². The number of carbonyl (C=O) groups is 4. The lowest BCUT2D eigenvalue weighted by Gasteiger charge is -2.13.